The molecule has 0 bridgehead atoms. The van der Waals surface area contributed by atoms with Crippen molar-refractivity contribution in [3.05, 3.63) is 29.3 Å². The maximum absolute atomic E-state index is 11.1. The molecule has 2 aliphatic rings. The van der Waals surface area contributed by atoms with Crippen molar-refractivity contribution in [1.82, 2.24) is 10.2 Å². The van der Waals surface area contributed by atoms with Crippen LogP contribution in [0.3, 0.4) is 0 Å². The zero-order chi connectivity index (χ0) is 17.1. The standard InChI is InChI=1S/C19H28N2O3/c1-13-7-15(5-6-18(13)24-2)10-20-16-8-17(9-16)21(12-19(22)23)11-14-3-4-14/h5-7,14,16-17,20H,3-4,8-12H2,1-2H3,(H,22,23). The molecule has 0 radical (unpaired) electrons. The van der Waals surface area contributed by atoms with E-state index in [-0.39, 0.29) is 6.54 Å². The highest BCUT2D eigenvalue weighted by Gasteiger charge is 2.36. The predicted molar refractivity (Wildman–Crippen MR) is 93.3 cm³/mol. The number of rotatable bonds is 9. The van der Waals surface area contributed by atoms with Crippen LogP contribution in [0.4, 0.5) is 0 Å². The fraction of sp³-hybridized carbons (Fsp3) is 0.632. The highest BCUT2D eigenvalue weighted by molar-refractivity contribution is 5.69. The molecule has 0 aromatic heterocycles. The number of aryl methyl sites for hydroxylation is 1. The van der Waals surface area contributed by atoms with Gasteiger partial charge in [-0.25, -0.2) is 0 Å². The first-order valence-corrected chi connectivity index (χ1v) is 8.88. The molecule has 1 aromatic rings. The van der Waals surface area contributed by atoms with Gasteiger partial charge in [0.1, 0.15) is 5.75 Å². The van der Waals surface area contributed by atoms with Crippen LogP contribution in [0.25, 0.3) is 0 Å². The van der Waals surface area contributed by atoms with E-state index in [9.17, 15) is 4.79 Å². The second kappa shape index (κ2) is 7.53. The van der Waals surface area contributed by atoms with Crippen LogP contribution in [-0.4, -0.2) is 48.3 Å². The van der Waals surface area contributed by atoms with Crippen LogP contribution in [0.5, 0.6) is 5.75 Å². The van der Waals surface area contributed by atoms with Gasteiger partial charge in [0.2, 0.25) is 0 Å². The van der Waals surface area contributed by atoms with Gasteiger partial charge in [-0.05, 0) is 55.7 Å². The summed E-state index contributed by atoms with van der Waals surface area (Å²) in [6.07, 6.45) is 4.63. The molecule has 0 heterocycles. The zero-order valence-electron chi connectivity index (χ0n) is 14.6. The number of methoxy groups -OCH3 is 1. The van der Waals surface area contributed by atoms with Gasteiger partial charge in [-0.3, -0.25) is 9.69 Å². The van der Waals surface area contributed by atoms with Crippen molar-refractivity contribution in [3.8, 4) is 5.75 Å². The lowest BCUT2D eigenvalue weighted by molar-refractivity contribution is -0.139. The third kappa shape index (κ3) is 4.48. The monoisotopic (exact) mass is 332 g/mol. The largest absolute Gasteiger partial charge is 0.496 e. The Balaban J connectivity index is 1.44. The van der Waals surface area contributed by atoms with E-state index in [1.165, 1.54) is 18.4 Å². The molecule has 5 heteroatoms. The number of carboxylic acid groups (broad SMARTS) is 1. The van der Waals surface area contributed by atoms with Crippen molar-refractivity contribution >= 4 is 5.97 Å². The first kappa shape index (κ1) is 17.2. The fourth-order valence-electron chi connectivity index (χ4n) is 3.51. The molecular weight excluding hydrogens is 304 g/mol. The summed E-state index contributed by atoms with van der Waals surface area (Å²) >= 11 is 0. The number of hydrogen-bond acceptors (Lipinski definition) is 4. The number of nitrogens with one attached hydrogen (secondary N) is 1. The van der Waals surface area contributed by atoms with E-state index >= 15 is 0 Å². The Labute approximate surface area is 144 Å². The minimum Gasteiger partial charge on any atom is -0.496 e. The summed E-state index contributed by atoms with van der Waals surface area (Å²) in [6, 6.07) is 7.19. The van der Waals surface area contributed by atoms with Crippen LogP contribution in [0.15, 0.2) is 18.2 Å². The van der Waals surface area contributed by atoms with Crippen molar-refractivity contribution in [2.45, 2.75) is 51.2 Å². The van der Waals surface area contributed by atoms with E-state index in [2.05, 4.69) is 29.3 Å². The highest BCUT2D eigenvalue weighted by Crippen LogP contribution is 2.33. The molecule has 1 aromatic carbocycles. The van der Waals surface area contributed by atoms with Gasteiger partial charge in [-0.1, -0.05) is 12.1 Å². The first-order valence-electron chi connectivity index (χ1n) is 8.88. The molecule has 2 N–H and O–H groups in total. The molecule has 0 spiro atoms. The lowest BCUT2D eigenvalue weighted by Gasteiger charge is -2.43. The molecule has 0 amide bonds. The summed E-state index contributed by atoms with van der Waals surface area (Å²) in [4.78, 5) is 13.2. The molecule has 2 aliphatic carbocycles. The average molecular weight is 332 g/mol. The zero-order valence-corrected chi connectivity index (χ0v) is 14.6. The molecule has 0 aliphatic heterocycles. The van der Waals surface area contributed by atoms with Crippen molar-refractivity contribution in [3.63, 3.8) is 0 Å². The van der Waals surface area contributed by atoms with E-state index in [0.29, 0.717) is 12.1 Å². The maximum Gasteiger partial charge on any atom is 0.317 e. The van der Waals surface area contributed by atoms with Crippen molar-refractivity contribution in [1.29, 1.82) is 0 Å². The second-order valence-corrected chi connectivity index (χ2v) is 7.27. The Bertz CT molecular complexity index is 580. The fourth-order valence-corrected chi connectivity index (χ4v) is 3.51. The summed E-state index contributed by atoms with van der Waals surface area (Å²) in [5, 5.41) is 12.7. The van der Waals surface area contributed by atoms with Gasteiger partial charge in [-0.15, -0.1) is 0 Å². The summed E-state index contributed by atoms with van der Waals surface area (Å²) in [6.45, 7) is 4.06. The molecule has 2 saturated carbocycles. The summed E-state index contributed by atoms with van der Waals surface area (Å²) in [7, 11) is 1.69. The molecule has 3 rings (SSSR count). The maximum atomic E-state index is 11.1. The van der Waals surface area contributed by atoms with E-state index in [0.717, 1.165) is 43.2 Å². The third-order valence-corrected chi connectivity index (χ3v) is 5.21. The molecule has 132 valence electrons. The Hall–Kier alpha value is -1.59. The van der Waals surface area contributed by atoms with Gasteiger partial charge in [0.15, 0.2) is 0 Å². The topological polar surface area (TPSA) is 61.8 Å². The number of ether oxygens (including phenoxy) is 1. The smallest absolute Gasteiger partial charge is 0.317 e. The Kier molecular flexibility index (Phi) is 5.41. The van der Waals surface area contributed by atoms with Crippen molar-refractivity contribution in [2.24, 2.45) is 5.92 Å². The molecule has 0 saturated heterocycles. The Morgan fingerprint density at radius 2 is 2.12 bits per heavy atom. The summed E-state index contributed by atoms with van der Waals surface area (Å²) in [5.74, 6) is 0.950. The Morgan fingerprint density at radius 3 is 2.71 bits per heavy atom. The second-order valence-electron chi connectivity index (χ2n) is 7.27. The predicted octanol–water partition coefficient (Wildman–Crippen LogP) is 2.42. The summed E-state index contributed by atoms with van der Waals surface area (Å²) in [5.41, 5.74) is 2.41. The summed E-state index contributed by atoms with van der Waals surface area (Å²) < 4.78 is 5.29. The molecule has 0 unspecified atom stereocenters. The van der Waals surface area contributed by atoms with Gasteiger partial charge in [0.05, 0.1) is 13.7 Å². The number of carboxylic acids is 1. The van der Waals surface area contributed by atoms with Crippen LogP contribution < -0.4 is 10.1 Å². The lowest BCUT2D eigenvalue weighted by Crippen LogP contribution is -2.54. The van der Waals surface area contributed by atoms with Gasteiger partial charge >= 0.3 is 5.97 Å². The Morgan fingerprint density at radius 1 is 1.38 bits per heavy atom. The van der Waals surface area contributed by atoms with E-state index in [4.69, 9.17) is 9.84 Å². The van der Waals surface area contributed by atoms with Crippen LogP contribution in [-0.2, 0) is 11.3 Å². The van der Waals surface area contributed by atoms with Gasteiger partial charge in [-0.2, -0.15) is 0 Å². The minimum absolute atomic E-state index is 0.186. The van der Waals surface area contributed by atoms with Crippen LogP contribution >= 0.6 is 0 Å². The van der Waals surface area contributed by atoms with Crippen molar-refractivity contribution < 1.29 is 14.6 Å². The lowest BCUT2D eigenvalue weighted by atomic mass is 9.85. The highest BCUT2D eigenvalue weighted by atomic mass is 16.5. The number of nitrogens with zero attached hydrogens (tertiary/aromatic N) is 1. The normalized spacial score (nSPS) is 23.1. The molecule has 5 nitrogen and oxygen atoms in total. The average Bonchev–Trinajstić information content (AvgIpc) is 3.29. The SMILES string of the molecule is COc1ccc(CNC2CC(N(CC(=O)O)CC3CC3)C2)cc1C. The quantitative estimate of drug-likeness (QED) is 0.727. The number of aliphatic carboxylic acids is 1. The number of hydrogen-bond donors (Lipinski definition) is 2. The van der Waals surface area contributed by atoms with Crippen LogP contribution in [0.2, 0.25) is 0 Å². The van der Waals surface area contributed by atoms with Crippen LogP contribution in [0.1, 0.15) is 36.8 Å². The van der Waals surface area contributed by atoms with Gasteiger partial charge in [0, 0.05) is 25.2 Å². The van der Waals surface area contributed by atoms with E-state index < -0.39 is 5.97 Å². The van der Waals surface area contributed by atoms with E-state index in [1.807, 2.05) is 6.07 Å². The van der Waals surface area contributed by atoms with Crippen molar-refractivity contribution in [2.75, 3.05) is 20.2 Å². The number of carbonyl (C=O) groups is 1. The molecular formula is C19H28N2O3. The third-order valence-electron chi connectivity index (χ3n) is 5.21. The van der Waals surface area contributed by atoms with Crippen LogP contribution in [0, 0.1) is 12.8 Å². The molecule has 0 atom stereocenters. The molecule has 2 fully saturated rings. The first-order chi connectivity index (χ1) is 11.5. The number of benzene rings is 1. The molecule has 24 heavy (non-hydrogen) atoms. The van der Waals surface area contributed by atoms with Gasteiger partial charge in [0.25, 0.3) is 0 Å². The van der Waals surface area contributed by atoms with E-state index in [1.54, 1.807) is 7.11 Å². The minimum atomic E-state index is -0.708. The van der Waals surface area contributed by atoms with Gasteiger partial charge < -0.3 is 15.2 Å².